The number of pyridine rings is 1. The average molecular weight is 572 g/mol. The fourth-order valence-corrected chi connectivity index (χ4v) is 4.33. The maximum absolute atomic E-state index is 14.3. The molecule has 2 aromatic heterocycles. The minimum atomic E-state index is -5.33. The number of carbonyl (C=O) groups is 3. The quantitative estimate of drug-likeness (QED) is 0.266. The predicted molar refractivity (Wildman–Crippen MR) is 129 cm³/mol. The molecule has 1 aromatic carbocycles. The highest BCUT2D eigenvalue weighted by molar-refractivity contribution is 7.13. The molecule has 9 nitrogen and oxygen atoms in total. The summed E-state index contributed by atoms with van der Waals surface area (Å²) >= 11 is 7.00. The summed E-state index contributed by atoms with van der Waals surface area (Å²) in [7, 11) is 0. The number of hydrogen-bond donors (Lipinski definition) is 1. The van der Waals surface area contributed by atoms with E-state index in [2.05, 4.69) is 20.0 Å². The van der Waals surface area contributed by atoms with Crippen molar-refractivity contribution in [1.82, 2.24) is 19.8 Å². The third-order valence-electron chi connectivity index (χ3n) is 5.43. The van der Waals surface area contributed by atoms with Gasteiger partial charge in [0.05, 0.1) is 21.8 Å². The Balaban J connectivity index is 1.47. The van der Waals surface area contributed by atoms with Crippen molar-refractivity contribution < 1.29 is 36.7 Å². The fourth-order valence-electron chi connectivity index (χ4n) is 3.62. The van der Waals surface area contributed by atoms with E-state index < -0.39 is 29.8 Å². The molecule has 0 unspecified atom stereocenters. The first-order valence-corrected chi connectivity index (χ1v) is 12.2. The number of nitrogens with one attached hydrogen (secondary N) is 1. The second kappa shape index (κ2) is 11.4. The molecule has 1 aliphatic heterocycles. The third kappa shape index (κ3) is 6.62. The van der Waals surface area contributed by atoms with E-state index >= 15 is 0 Å². The highest BCUT2D eigenvalue weighted by Gasteiger charge is 2.42. The van der Waals surface area contributed by atoms with Gasteiger partial charge in [-0.2, -0.15) is 13.2 Å². The molecule has 0 spiro atoms. The van der Waals surface area contributed by atoms with E-state index in [1.54, 1.807) is 5.38 Å². The lowest BCUT2D eigenvalue weighted by molar-refractivity contribution is -0.193. The van der Waals surface area contributed by atoms with Crippen LogP contribution in [0.15, 0.2) is 41.9 Å². The lowest BCUT2D eigenvalue weighted by Crippen LogP contribution is -2.48. The topological polar surface area (TPSA) is 105 Å². The van der Waals surface area contributed by atoms with Gasteiger partial charge in [-0.25, -0.2) is 23.9 Å². The highest BCUT2D eigenvalue weighted by Crippen LogP contribution is 2.23. The van der Waals surface area contributed by atoms with Crippen molar-refractivity contribution in [2.75, 3.05) is 31.5 Å². The summed E-state index contributed by atoms with van der Waals surface area (Å²) in [6.07, 6.45) is -3.82. The minimum absolute atomic E-state index is 0.106. The number of piperazine rings is 1. The number of nitrogens with zero attached hydrogens (tertiary/aromatic N) is 4. The second-order valence-electron chi connectivity index (χ2n) is 8.04. The second-order valence-corrected chi connectivity index (χ2v) is 9.34. The van der Waals surface area contributed by atoms with Crippen LogP contribution in [0.4, 0.5) is 28.5 Å². The van der Waals surface area contributed by atoms with Crippen LogP contribution in [0.3, 0.4) is 0 Å². The van der Waals surface area contributed by atoms with Crippen molar-refractivity contribution in [2.45, 2.75) is 12.7 Å². The molecule has 0 bridgehead atoms. The summed E-state index contributed by atoms with van der Waals surface area (Å²) in [5.74, 6) is -5.31. The van der Waals surface area contributed by atoms with Crippen LogP contribution >= 0.6 is 22.9 Å². The smallest absolute Gasteiger partial charge is 0.383 e. The first-order valence-electron chi connectivity index (χ1n) is 11.0. The zero-order chi connectivity index (χ0) is 27.4. The van der Waals surface area contributed by atoms with E-state index in [1.165, 1.54) is 46.7 Å². The van der Waals surface area contributed by atoms with E-state index in [0.717, 1.165) is 6.07 Å². The number of benzene rings is 1. The van der Waals surface area contributed by atoms with E-state index in [-0.39, 0.29) is 41.6 Å². The molecular formula is C23H18ClF4N5O4S. The van der Waals surface area contributed by atoms with Crippen LogP contribution in [0.1, 0.15) is 26.4 Å². The summed E-state index contributed by atoms with van der Waals surface area (Å²) in [5.41, 5.74) is -0.166. The Bertz CT molecular complexity index is 1350. The molecule has 1 amide bonds. The van der Waals surface area contributed by atoms with Gasteiger partial charge in [0.25, 0.3) is 5.91 Å². The Morgan fingerprint density at radius 2 is 1.87 bits per heavy atom. The van der Waals surface area contributed by atoms with Gasteiger partial charge in [0.1, 0.15) is 5.82 Å². The first-order chi connectivity index (χ1) is 18.0. The molecule has 1 N–H and O–H groups in total. The van der Waals surface area contributed by atoms with Crippen LogP contribution in [-0.2, 0) is 16.1 Å². The molecule has 3 aromatic rings. The molecule has 4 rings (SSSR count). The van der Waals surface area contributed by atoms with Gasteiger partial charge in [-0.05, 0) is 24.3 Å². The number of halogens is 5. The Morgan fingerprint density at radius 1 is 1.13 bits per heavy atom. The van der Waals surface area contributed by atoms with Crippen LogP contribution in [0.2, 0.25) is 5.02 Å². The lowest BCUT2D eigenvalue weighted by atomic mass is 10.1. The zero-order valence-corrected chi connectivity index (χ0v) is 20.9. The SMILES string of the molecule is O=C(OC(=O)C(F)(F)F)c1cc(CN2CCN(C(=O)c3cccc(Cl)c3F)CC2)nc(Nc2nccs2)c1. The van der Waals surface area contributed by atoms with E-state index in [1.807, 2.05) is 4.90 Å². The van der Waals surface area contributed by atoms with Crippen molar-refractivity contribution in [3.63, 3.8) is 0 Å². The van der Waals surface area contributed by atoms with Gasteiger partial charge in [-0.1, -0.05) is 17.7 Å². The number of carbonyl (C=O) groups excluding carboxylic acids is 3. The number of rotatable bonds is 6. The van der Waals surface area contributed by atoms with Crippen molar-refractivity contribution >= 4 is 51.7 Å². The molecular weight excluding hydrogens is 554 g/mol. The normalized spacial score (nSPS) is 14.3. The third-order valence-corrected chi connectivity index (χ3v) is 6.41. The number of alkyl halides is 3. The van der Waals surface area contributed by atoms with E-state index in [4.69, 9.17) is 11.6 Å². The summed E-state index contributed by atoms with van der Waals surface area (Å²) in [4.78, 5) is 48.0. The largest absolute Gasteiger partial charge is 0.491 e. The summed E-state index contributed by atoms with van der Waals surface area (Å²) in [6, 6.07) is 6.55. The highest BCUT2D eigenvalue weighted by atomic mass is 35.5. The summed E-state index contributed by atoms with van der Waals surface area (Å²) in [6.45, 7) is 1.42. The lowest BCUT2D eigenvalue weighted by Gasteiger charge is -2.34. The van der Waals surface area contributed by atoms with Gasteiger partial charge >= 0.3 is 18.1 Å². The van der Waals surface area contributed by atoms with E-state index in [0.29, 0.717) is 23.9 Å². The Kier molecular flexibility index (Phi) is 8.23. The van der Waals surface area contributed by atoms with Crippen LogP contribution in [-0.4, -0.2) is 70.0 Å². The maximum Gasteiger partial charge on any atom is 0.491 e. The molecule has 200 valence electrons. The number of thiazole rings is 1. The molecule has 3 heterocycles. The van der Waals surface area contributed by atoms with Gasteiger partial charge in [-0.3, -0.25) is 9.69 Å². The molecule has 15 heteroatoms. The van der Waals surface area contributed by atoms with E-state index in [9.17, 15) is 31.9 Å². The van der Waals surface area contributed by atoms with Crippen molar-refractivity contribution in [3.8, 4) is 0 Å². The van der Waals surface area contributed by atoms with Gasteiger partial charge in [0, 0.05) is 44.3 Å². The molecule has 0 atom stereocenters. The average Bonchev–Trinajstić information content (AvgIpc) is 3.38. The number of aromatic nitrogens is 2. The molecule has 0 saturated carbocycles. The number of ether oxygens (including phenoxy) is 1. The van der Waals surface area contributed by atoms with Gasteiger partial charge in [-0.15, -0.1) is 11.3 Å². The molecule has 1 aliphatic rings. The minimum Gasteiger partial charge on any atom is -0.383 e. The van der Waals surface area contributed by atoms with Crippen molar-refractivity contribution in [2.24, 2.45) is 0 Å². The molecule has 1 fully saturated rings. The van der Waals surface area contributed by atoms with Crippen LogP contribution in [0, 0.1) is 5.82 Å². The van der Waals surface area contributed by atoms with Gasteiger partial charge < -0.3 is 15.0 Å². The van der Waals surface area contributed by atoms with Crippen LogP contribution < -0.4 is 5.32 Å². The van der Waals surface area contributed by atoms with Crippen LogP contribution in [0.5, 0.6) is 0 Å². The Morgan fingerprint density at radius 3 is 2.53 bits per heavy atom. The summed E-state index contributed by atoms with van der Waals surface area (Å²) in [5, 5.41) is 4.80. The van der Waals surface area contributed by atoms with Gasteiger partial charge in [0.15, 0.2) is 10.9 Å². The molecule has 0 radical (unpaired) electrons. The Hall–Kier alpha value is -3.62. The maximum atomic E-state index is 14.3. The molecule has 38 heavy (non-hydrogen) atoms. The molecule has 1 saturated heterocycles. The molecule has 0 aliphatic carbocycles. The van der Waals surface area contributed by atoms with Crippen molar-refractivity contribution in [1.29, 1.82) is 0 Å². The Labute approximate surface area is 222 Å². The first kappa shape index (κ1) is 27.4. The zero-order valence-electron chi connectivity index (χ0n) is 19.3. The van der Waals surface area contributed by atoms with Crippen LogP contribution in [0.25, 0.3) is 0 Å². The van der Waals surface area contributed by atoms with Gasteiger partial charge in [0.2, 0.25) is 0 Å². The standard InChI is InChI=1S/C23H18ClF4N5O4S/c24-16-3-1-2-15(18(16)25)19(34)33-7-5-32(6-8-33)12-14-10-13(20(35)37-21(36)23(26,27)28)11-17(30-14)31-22-29-4-9-38-22/h1-4,9-11H,5-8,12H2,(H,29,30,31). The number of anilines is 2. The number of hydrogen-bond acceptors (Lipinski definition) is 9. The number of amides is 1. The monoisotopic (exact) mass is 571 g/mol. The van der Waals surface area contributed by atoms with Crippen molar-refractivity contribution in [3.05, 3.63) is 69.6 Å². The summed E-state index contributed by atoms with van der Waals surface area (Å²) < 4.78 is 55.9. The predicted octanol–water partition coefficient (Wildman–Crippen LogP) is 4.28. The fraction of sp³-hybridized carbons (Fsp3) is 0.261. The number of esters is 2.